The molecule has 0 aliphatic heterocycles. The molecular weight excluding hydrogens is 160 g/mol. The van der Waals surface area contributed by atoms with Gasteiger partial charge in [-0.3, -0.25) is 0 Å². The van der Waals surface area contributed by atoms with Gasteiger partial charge in [-0.05, 0) is 31.0 Å². The fourth-order valence-corrected chi connectivity index (χ4v) is 1.30. The molecule has 0 saturated carbocycles. The number of unbranched alkanes of at least 4 members (excludes halogenated alkanes) is 3. The molecule has 1 nitrogen and oxygen atoms in total. The molecule has 1 heteroatoms. The summed E-state index contributed by atoms with van der Waals surface area (Å²) < 4.78 is 0. The van der Waals surface area contributed by atoms with Gasteiger partial charge >= 0.3 is 0 Å². The van der Waals surface area contributed by atoms with E-state index < -0.39 is 0 Å². The number of hydrogen-bond acceptors (Lipinski definition) is 1. The van der Waals surface area contributed by atoms with Gasteiger partial charge in [0.05, 0.1) is 0 Å². The van der Waals surface area contributed by atoms with Crippen LogP contribution in [0.3, 0.4) is 0 Å². The van der Waals surface area contributed by atoms with Crippen LogP contribution in [0.25, 0.3) is 0 Å². The first kappa shape index (κ1) is 9.92. The molecule has 70 valence electrons. The summed E-state index contributed by atoms with van der Waals surface area (Å²) in [5, 5.41) is 8.98. The Morgan fingerprint density at radius 3 is 2.62 bits per heavy atom. The normalized spacial score (nSPS) is 9.62. The third-order valence-corrected chi connectivity index (χ3v) is 2.09. The zero-order chi connectivity index (χ0) is 9.52. The lowest BCUT2D eigenvalue weighted by Crippen LogP contribution is -1.83. The standard InChI is InChI=1S/C12H16O/c1-2-3-4-5-6-11-7-9-12(13)10-8-11/h7,9,13H,2-6H2,1H3. The van der Waals surface area contributed by atoms with Crippen molar-refractivity contribution < 1.29 is 5.11 Å². The highest BCUT2D eigenvalue weighted by molar-refractivity contribution is 5.18. The number of aryl methyl sites for hydroxylation is 1. The molecule has 0 atom stereocenters. The van der Waals surface area contributed by atoms with E-state index in [2.05, 4.69) is 19.1 Å². The van der Waals surface area contributed by atoms with Crippen LogP contribution in [-0.2, 0) is 6.42 Å². The van der Waals surface area contributed by atoms with Crippen LogP contribution < -0.4 is 0 Å². The monoisotopic (exact) mass is 176 g/mol. The third-order valence-electron chi connectivity index (χ3n) is 2.09. The molecule has 1 aromatic rings. The molecule has 0 aliphatic carbocycles. The smallest absolute Gasteiger partial charge is 0.167 e. The Kier molecular flexibility index (Phi) is 4.18. The van der Waals surface area contributed by atoms with Gasteiger partial charge in [0, 0.05) is 5.56 Å². The minimum absolute atomic E-state index is 0.178. The van der Waals surface area contributed by atoms with Gasteiger partial charge in [0.2, 0.25) is 0 Å². The molecule has 0 saturated heterocycles. The molecule has 0 unspecified atom stereocenters. The lowest BCUT2D eigenvalue weighted by atomic mass is 10.1. The van der Waals surface area contributed by atoms with Crippen molar-refractivity contribution in [2.24, 2.45) is 0 Å². The molecule has 0 aliphatic rings. The molecule has 0 heterocycles. The summed E-state index contributed by atoms with van der Waals surface area (Å²) in [6.07, 6.45) is 6.12. The number of aromatic hydroxyl groups is 1. The average Bonchev–Trinajstić information content (AvgIpc) is 2.15. The maximum Gasteiger partial charge on any atom is 0.167 e. The van der Waals surface area contributed by atoms with Gasteiger partial charge in [-0.1, -0.05) is 32.3 Å². The summed E-state index contributed by atoms with van der Waals surface area (Å²) >= 11 is 0. The Morgan fingerprint density at radius 2 is 2.00 bits per heavy atom. The van der Waals surface area contributed by atoms with E-state index in [1.807, 2.05) is 6.07 Å². The van der Waals surface area contributed by atoms with Crippen LogP contribution in [0.1, 0.15) is 38.2 Å². The van der Waals surface area contributed by atoms with E-state index in [9.17, 15) is 0 Å². The summed E-state index contributed by atoms with van der Waals surface area (Å²) in [7, 11) is 0. The predicted octanol–water partition coefficient (Wildman–Crippen LogP) is 3.12. The SMILES string of the molecule is CCCCCCc1c#cc(O)cc1. The third kappa shape index (κ3) is 3.85. The lowest BCUT2D eigenvalue weighted by molar-refractivity contribution is 0.475. The molecule has 0 aromatic heterocycles. The lowest BCUT2D eigenvalue weighted by Gasteiger charge is -1.97. The van der Waals surface area contributed by atoms with E-state index in [0.29, 0.717) is 0 Å². The van der Waals surface area contributed by atoms with E-state index in [1.54, 1.807) is 6.07 Å². The van der Waals surface area contributed by atoms with Crippen molar-refractivity contribution in [2.45, 2.75) is 39.0 Å². The molecule has 1 aromatic carbocycles. The fraction of sp³-hybridized carbons (Fsp3) is 0.500. The molecule has 1 N–H and O–H groups in total. The van der Waals surface area contributed by atoms with E-state index in [-0.39, 0.29) is 5.75 Å². The molecule has 0 radical (unpaired) electrons. The highest BCUT2D eigenvalue weighted by Gasteiger charge is 1.92. The highest BCUT2D eigenvalue weighted by Crippen LogP contribution is 2.08. The van der Waals surface area contributed by atoms with Crippen LogP contribution in [0.2, 0.25) is 0 Å². The topological polar surface area (TPSA) is 20.2 Å². The van der Waals surface area contributed by atoms with Crippen LogP contribution in [0, 0.1) is 12.1 Å². The number of hydrogen-bond donors (Lipinski definition) is 1. The summed E-state index contributed by atoms with van der Waals surface area (Å²) in [5.74, 6) is 0.178. The van der Waals surface area contributed by atoms with E-state index in [1.165, 1.54) is 25.7 Å². The molecule has 1 rings (SSSR count). The molecule has 0 amide bonds. The van der Waals surface area contributed by atoms with Crippen molar-refractivity contribution in [1.29, 1.82) is 0 Å². The Morgan fingerprint density at radius 1 is 1.15 bits per heavy atom. The van der Waals surface area contributed by atoms with Crippen molar-refractivity contribution in [3.63, 3.8) is 0 Å². The largest absolute Gasteiger partial charge is 0.501 e. The Labute approximate surface area is 80.4 Å². The maximum absolute atomic E-state index is 8.98. The van der Waals surface area contributed by atoms with E-state index in [4.69, 9.17) is 5.11 Å². The second kappa shape index (κ2) is 5.48. The fourth-order valence-electron chi connectivity index (χ4n) is 1.30. The summed E-state index contributed by atoms with van der Waals surface area (Å²) in [6, 6.07) is 9.20. The van der Waals surface area contributed by atoms with Crippen LogP contribution in [-0.4, -0.2) is 5.11 Å². The van der Waals surface area contributed by atoms with Gasteiger partial charge < -0.3 is 5.11 Å². The molecule has 0 spiro atoms. The highest BCUT2D eigenvalue weighted by atomic mass is 16.3. The van der Waals surface area contributed by atoms with Crippen molar-refractivity contribution >= 4 is 0 Å². The zero-order valence-corrected chi connectivity index (χ0v) is 8.14. The Hall–Kier alpha value is -1.16. The van der Waals surface area contributed by atoms with Crippen molar-refractivity contribution in [1.82, 2.24) is 0 Å². The predicted molar refractivity (Wildman–Crippen MR) is 53.6 cm³/mol. The van der Waals surface area contributed by atoms with Gasteiger partial charge in [0.15, 0.2) is 5.75 Å². The second-order valence-electron chi connectivity index (χ2n) is 3.30. The summed E-state index contributed by atoms with van der Waals surface area (Å²) in [4.78, 5) is 0. The quantitative estimate of drug-likeness (QED) is 0.683. The first-order chi connectivity index (χ1) is 6.33. The van der Waals surface area contributed by atoms with E-state index in [0.717, 1.165) is 12.0 Å². The van der Waals surface area contributed by atoms with Gasteiger partial charge in [-0.15, -0.1) is 0 Å². The Bertz CT molecular complexity index is 225. The molecule has 0 bridgehead atoms. The van der Waals surface area contributed by atoms with Crippen molar-refractivity contribution in [3.05, 3.63) is 29.8 Å². The van der Waals surface area contributed by atoms with Crippen molar-refractivity contribution in [3.8, 4) is 5.75 Å². The first-order valence-corrected chi connectivity index (χ1v) is 4.94. The molecule has 0 fully saturated rings. The minimum atomic E-state index is 0.178. The average molecular weight is 176 g/mol. The van der Waals surface area contributed by atoms with Gasteiger partial charge in [0.1, 0.15) is 0 Å². The van der Waals surface area contributed by atoms with Crippen LogP contribution in [0.5, 0.6) is 5.75 Å². The summed E-state index contributed by atoms with van der Waals surface area (Å²) in [5.41, 5.74) is 1.15. The molecule has 13 heavy (non-hydrogen) atoms. The molecular formula is C12H16O. The van der Waals surface area contributed by atoms with Gasteiger partial charge in [-0.25, -0.2) is 0 Å². The maximum atomic E-state index is 8.98. The Balaban J connectivity index is 2.25. The van der Waals surface area contributed by atoms with Gasteiger partial charge in [-0.2, -0.15) is 0 Å². The minimum Gasteiger partial charge on any atom is -0.501 e. The van der Waals surface area contributed by atoms with Crippen LogP contribution in [0.15, 0.2) is 12.1 Å². The van der Waals surface area contributed by atoms with Crippen LogP contribution >= 0.6 is 0 Å². The zero-order valence-electron chi connectivity index (χ0n) is 8.14. The summed E-state index contributed by atoms with van der Waals surface area (Å²) in [6.45, 7) is 2.21. The van der Waals surface area contributed by atoms with E-state index >= 15 is 0 Å². The first-order valence-electron chi connectivity index (χ1n) is 4.94. The van der Waals surface area contributed by atoms with Gasteiger partial charge in [0.25, 0.3) is 0 Å². The second-order valence-corrected chi connectivity index (χ2v) is 3.30. The van der Waals surface area contributed by atoms with Crippen LogP contribution in [0.4, 0.5) is 0 Å². The van der Waals surface area contributed by atoms with Crippen molar-refractivity contribution in [2.75, 3.05) is 0 Å². The number of rotatable bonds is 5.